The second kappa shape index (κ2) is 9.25. The SMILES string of the molecule is CC(C)c1cccc(-c2cnn3cc(-c4ccc(CCN5CCCCC5)cc4)cnc23)c1. The zero-order chi connectivity index (χ0) is 21.9. The molecule has 0 atom stereocenters. The summed E-state index contributed by atoms with van der Waals surface area (Å²) >= 11 is 0. The average Bonchev–Trinajstić information content (AvgIpc) is 3.27. The highest BCUT2D eigenvalue weighted by atomic mass is 15.2. The molecule has 0 bridgehead atoms. The molecule has 4 heteroatoms. The van der Waals surface area contributed by atoms with Crippen LogP contribution in [-0.2, 0) is 6.42 Å². The molecule has 0 spiro atoms. The molecule has 0 saturated carbocycles. The first-order valence-electron chi connectivity index (χ1n) is 11.9. The van der Waals surface area contributed by atoms with Crippen molar-refractivity contribution in [3.63, 3.8) is 0 Å². The maximum Gasteiger partial charge on any atom is 0.162 e. The number of nitrogens with zero attached hydrogens (tertiary/aromatic N) is 4. The van der Waals surface area contributed by atoms with Crippen LogP contribution in [0.3, 0.4) is 0 Å². The molecular formula is C28H32N4. The molecule has 32 heavy (non-hydrogen) atoms. The molecule has 0 N–H and O–H groups in total. The van der Waals surface area contributed by atoms with Crippen molar-refractivity contribution in [1.82, 2.24) is 19.5 Å². The van der Waals surface area contributed by atoms with Gasteiger partial charge >= 0.3 is 0 Å². The lowest BCUT2D eigenvalue weighted by Gasteiger charge is -2.26. The number of rotatable bonds is 6. The van der Waals surface area contributed by atoms with Gasteiger partial charge in [-0.2, -0.15) is 5.10 Å². The van der Waals surface area contributed by atoms with Gasteiger partial charge in [0.25, 0.3) is 0 Å². The van der Waals surface area contributed by atoms with Crippen LogP contribution in [0, 0.1) is 0 Å². The number of piperidine rings is 1. The first-order valence-corrected chi connectivity index (χ1v) is 11.9. The molecule has 1 aliphatic rings. The second-order valence-corrected chi connectivity index (χ2v) is 9.30. The zero-order valence-corrected chi connectivity index (χ0v) is 19.2. The van der Waals surface area contributed by atoms with E-state index in [1.807, 2.05) is 16.9 Å². The average molecular weight is 425 g/mol. The fourth-order valence-electron chi connectivity index (χ4n) is 4.63. The summed E-state index contributed by atoms with van der Waals surface area (Å²) in [5, 5.41) is 4.60. The first-order chi connectivity index (χ1) is 15.7. The van der Waals surface area contributed by atoms with Gasteiger partial charge in [-0.05, 0) is 60.5 Å². The molecule has 1 aliphatic heterocycles. The number of aromatic nitrogens is 3. The molecule has 1 saturated heterocycles. The molecule has 3 heterocycles. The predicted octanol–water partition coefficient (Wildman–Crippen LogP) is 6.22. The Morgan fingerprint density at radius 3 is 2.47 bits per heavy atom. The molecule has 164 valence electrons. The maximum absolute atomic E-state index is 4.78. The van der Waals surface area contributed by atoms with Gasteiger partial charge < -0.3 is 4.90 Å². The minimum Gasteiger partial charge on any atom is -0.303 e. The van der Waals surface area contributed by atoms with Crippen LogP contribution in [0.5, 0.6) is 0 Å². The Morgan fingerprint density at radius 2 is 1.69 bits per heavy atom. The molecule has 2 aromatic carbocycles. The van der Waals surface area contributed by atoms with E-state index >= 15 is 0 Å². The monoisotopic (exact) mass is 424 g/mol. The molecule has 0 amide bonds. The molecule has 4 aromatic rings. The van der Waals surface area contributed by atoms with E-state index in [4.69, 9.17) is 4.98 Å². The smallest absolute Gasteiger partial charge is 0.162 e. The molecule has 0 aliphatic carbocycles. The van der Waals surface area contributed by atoms with Crippen LogP contribution in [0.1, 0.15) is 50.2 Å². The highest BCUT2D eigenvalue weighted by molar-refractivity contribution is 5.78. The zero-order valence-electron chi connectivity index (χ0n) is 19.2. The lowest BCUT2D eigenvalue weighted by atomic mass is 9.98. The quantitative estimate of drug-likeness (QED) is 0.369. The summed E-state index contributed by atoms with van der Waals surface area (Å²) in [6.45, 7) is 8.13. The number of benzene rings is 2. The normalized spacial score (nSPS) is 15.0. The van der Waals surface area contributed by atoms with Crippen molar-refractivity contribution in [2.75, 3.05) is 19.6 Å². The lowest BCUT2D eigenvalue weighted by Crippen LogP contribution is -2.31. The van der Waals surface area contributed by atoms with Gasteiger partial charge in [-0.3, -0.25) is 0 Å². The fraction of sp³-hybridized carbons (Fsp3) is 0.357. The van der Waals surface area contributed by atoms with Gasteiger partial charge in [-0.15, -0.1) is 0 Å². The van der Waals surface area contributed by atoms with Gasteiger partial charge in [0, 0.05) is 30.1 Å². The Labute approximate surface area is 190 Å². The first kappa shape index (κ1) is 20.9. The molecular weight excluding hydrogens is 392 g/mol. The number of likely N-dealkylation sites (tertiary alicyclic amines) is 1. The molecule has 4 nitrogen and oxygen atoms in total. The van der Waals surface area contributed by atoms with Crippen molar-refractivity contribution in [3.8, 4) is 22.3 Å². The van der Waals surface area contributed by atoms with Gasteiger partial charge in [0.05, 0.1) is 6.20 Å². The summed E-state index contributed by atoms with van der Waals surface area (Å²) in [5.74, 6) is 0.499. The van der Waals surface area contributed by atoms with Crippen LogP contribution in [0.4, 0.5) is 0 Å². The summed E-state index contributed by atoms with van der Waals surface area (Å²) in [6.07, 6.45) is 11.2. The van der Waals surface area contributed by atoms with Gasteiger partial charge in [0.1, 0.15) is 0 Å². The third-order valence-corrected chi connectivity index (χ3v) is 6.67. The topological polar surface area (TPSA) is 33.4 Å². The minimum atomic E-state index is 0.499. The van der Waals surface area contributed by atoms with Crippen LogP contribution < -0.4 is 0 Å². The summed E-state index contributed by atoms with van der Waals surface area (Å²) in [6, 6.07) is 17.6. The summed E-state index contributed by atoms with van der Waals surface area (Å²) in [7, 11) is 0. The minimum absolute atomic E-state index is 0.499. The Kier molecular flexibility index (Phi) is 6.04. The molecule has 2 aromatic heterocycles. The van der Waals surface area contributed by atoms with Crippen molar-refractivity contribution in [2.45, 2.75) is 45.4 Å². The Morgan fingerprint density at radius 1 is 0.875 bits per heavy atom. The number of hydrogen-bond acceptors (Lipinski definition) is 3. The van der Waals surface area contributed by atoms with Crippen molar-refractivity contribution in [3.05, 3.63) is 78.2 Å². The van der Waals surface area contributed by atoms with Crippen molar-refractivity contribution >= 4 is 5.65 Å². The Bertz CT molecular complexity index is 1180. The van der Waals surface area contributed by atoms with Gasteiger partial charge in [-0.25, -0.2) is 9.50 Å². The molecule has 0 radical (unpaired) electrons. The van der Waals surface area contributed by atoms with Crippen molar-refractivity contribution in [1.29, 1.82) is 0 Å². The van der Waals surface area contributed by atoms with E-state index in [1.165, 1.54) is 61.2 Å². The lowest BCUT2D eigenvalue weighted by molar-refractivity contribution is 0.231. The third-order valence-electron chi connectivity index (χ3n) is 6.67. The van der Waals surface area contributed by atoms with Gasteiger partial charge in [-0.1, -0.05) is 68.8 Å². The molecule has 5 rings (SSSR count). The van der Waals surface area contributed by atoms with E-state index in [1.54, 1.807) is 0 Å². The predicted molar refractivity (Wildman–Crippen MR) is 132 cm³/mol. The van der Waals surface area contributed by atoms with Crippen LogP contribution in [0.15, 0.2) is 67.1 Å². The van der Waals surface area contributed by atoms with Crippen molar-refractivity contribution in [2.24, 2.45) is 0 Å². The fourth-order valence-corrected chi connectivity index (χ4v) is 4.63. The van der Waals surface area contributed by atoms with Gasteiger partial charge in [0.2, 0.25) is 0 Å². The second-order valence-electron chi connectivity index (χ2n) is 9.30. The van der Waals surface area contributed by atoms with Crippen LogP contribution in [0.25, 0.3) is 27.9 Å². The van der Waals surface area contributed by atoms with E-state index < -0.39 is 0 Å². The Hall–Kier alpha value is -2.98. The van der Waals surface area contributed by atoms with Crippen LogP contribution >= 0.6 is 0 Å². The third kappa shape index (κ3) is 4.46. The van der Waals surface area contributed by atoms with E-state index in [0.717, 1.165) is 23.2 Å². The molecule has 0 unspecified atom stereocenters. The highest BCUT2D eigenvalue weighted by Gasteiger charge is 2.12. The van der Waals surface area contributed by atoms with Crippen molar-refractivity contribution < 1.29 is 0 Å². The summed E-state index contributed by atoms with van der Waals surface area (Å²) in [4.78, 5) is 7.38. The van der Waals surface area contributed by atoms with Crippen LogP contribution in [0.2, 0.25) is 0 Å². The largest absolute Gasteiger partial charge is 0.303 e. The maximum atomic E-state index is 4.78. The van der Waals surface area contributed by atoms with E-state index in [2.05, 4.69) is 78.6 Å². The van der Waals surface area contributed by atoms with E-state index in [-0.39, 0.29) is 0 Å². The number of hydrogen-bond donors (Lipinski definition) is 0. The van der Waals surface area contributed by atoms with Crippen LogP contribution in [-0.4, -0.2) is 39.1 Å². The highest BCUT2D eigenvalue weighted by Crippen LogP contribution is 2.28. The summed E-state index contributed by atoms with van der Waals surface area (Å²) in [5.41, 5.74) is 8.15. The number of fused-ring (bicyclic) bond motifs is 1. The van der Waals surface area contributed by atoms with E-state index in [9.17, 15) is 0 Å². The molecule has 1 fully saturated rings. The summed E-state index contributed by atoms with van der Waals surface area (Å²) < 4.78 is 1.90. The van der Waals surface area contributed by atoms with Gasteiger partial charge in [0.15, 0.2) is 5.65 Å². The van der Waals surface area contributed by atoms with E-state index in [0.29, 0.717) is 5.92 Å². The standard InChI is InChI=1S/C28H32N4/c1-21(2)24-7-6-8-25(17-24)27-19-30-32-20-26(18-29-28(27)32)23-11-9-22(10-12-23)13-16-31-14-4-3-5-15-31/h6-12,17-21H,3-5,13-16H2,1-2H3. The Balaban J connectivity index is 1.33.